The molecule has 0 aliphatic heterocycles. The third kappa shape index (κ3) is 5.16. The summed E-state index contributed by atoms with van der Waals surface area (Å²) in [4.78, 5) is 0. The number of hydrogen-bond donors (Lipinski definition) is 1. The van der Waals surface area contributed by atoms with E-state index in [9.17, 15) is 0 Å². The molecule has 0 spiro atoms. The first-order chi connectivity index (χ1) is 9.53. The second kappa shape index (κ2) is 8.31. The standard InChI is InChI=1S/C18H31NO/c1-6-9-16(19-8-3)14-20-17-12-10-15(11-13-17)18(4,5)7-2/h10-13,16,19H,6-9,14H2,1-5H3. The lowest BCUT2D eigenvalue weighted by molar-refractivity contribution is 0.257. The Labute approximate surface area is 124 Å². The van der Waals surface area contributed by atoms with Crippen molar-refractivity contribution < 1.29 is 4.74 Å². The molecule has 1 aromatic carbocycles. The van der Waals surface area contributed by atoms with Crippen molar-refractivity contribution in [2.75, 3.05) is 13.2 Å². The van der Waals surface area contributed by atoms with Crippen molar-refractivity contribution in [1.82, 2.24) is 5.32 Å². The molecule has 0 saturated heterocycles. The van der Waals surface area contributed by atoms with Crippen LogP contribution in [-0.4, -0.2) is 19.2 Å². The molecule has 2 nitrogen and oxygen atoms in total. The van der Waals surface area contributed by atoms with Crippen molar-refractivity contribution in [3.05, 3.63) is 29.8 Å². The minimum atomic E-state index is 0.243. The van der Waals surface area contributed by atoms with Gasteiger partial charge >= 0.3 is 0 Å². The van der Waals surface area contributed by atoms with E-state index >= 15 is 0 Å². The molecule has 0 heterocycles. The maximum absolute atomic E-state index is 5.91. The van der Waals surface area contributed by atoms with Gasteiger partial charge in [-0.25, -0.2) is 0 Å². The highest BCUT2D eigenvalue weighted by molar-refractivity contribution is 5.31. The molecule has 0 aliphatic rings. The van der Waals surface area contributed by atoms with E-state index in [1.54, 1.807) is 0 Å². The van der Waals surface area contributed by atoms with Crippen LogP contribution in [0.4, 0.5) is 0 Å². The van der Waals surface area contributed by atoms with Crippen LogP contribution < -0.4 is 10.1 Å². The van der Waals surface area contributed by atoms with Crippen molar-refractivity contribution in [3.63, 3.8) is 0 Å². The molecule has 1 N–H and O–H groups in total. The van der Waals surface area contributed by atoms with E-state index in [2.05, 4.69) is 64.2 Å². The summed E-state index contributed by atoms with van der Waals surface area (Å²) in [5.74, 6) is 0.972. The normalized spacial score (nSPS) is 13.2. The Hall–Kier alpha value is -1.02. The van der Waals surface area contributed by atoms with Crippen molar-refractivity contribution in [2.45, 2.75) is 65.3 Å². The molecule has 0 aliphatic carbocycles. The first kappa shape index (κ1) is 17.0. The molecule has 0 radical (unpaired) electrons. The molecule has 0 bridgehead atoms. The van der Waals surface area contributed by atoms with Crippen LogP contribution in [0.1, 0.15) is 59.4 Å². The summed E-state index contributed by atoms with van der Waals surface area (Å²) in [5.41, 5.74) is 1.62. The maximum atomic E-state index is 5.91. The number of benzene rings is 1. The van der Waals surface area contributed by atoms with Gasteiger partial charge in [0.15, 0.2) is 0 Å². The third-order valence-electron chi connectivity index (χ3n) is 4.10. The van der Waals surface area contributed by atoms with Crippen molar-refractivity contribution in [3.8, 4) is 5.75 Å². The second-order valence-corrected chi connectivity index (χ2v) is 6.12. The molecule has 0 aromatic heterocycles. The van der Waals surface area contributed by atoms with E-state index < -0.39 is 0 Å². The first-order valence-corrected chi connectivity index (χ1v) is 8.00. The molecule has 1 unspecified atom stereocenters. The predicted molar refractivity (Wildman–Crippen MR) is 87.6 cm³/mol. The zero-order valence-corrected chi connectivity index (χ0v) is 13.8. The Morgan fingerprint density at radius 3 is 2.25 bits per heavy atom. The Morgan fingerprint density at radius 1 is 1.10 bits per heavy atom. The lowest BCUT2D eigenvalue weighted by atomic mass is 9.82. The lowest BCUT2D eigenvalue weighted by Crippen LogP contribution is -2.34. The van der Waals surface area contributed by atoms with E-state index in [1.165, 1.54) is 12.0 Å². The van der Waals surface area contributed by atoms with Gasteiger partial charge in [-0.05, 0) is 42.5 Å². The largest absolute Gasteiger partial charge is 0.492 e. The van der Waals surface area contributed by atoms with Crippen LogP contribution in [0.3, 0.4) is 0 Å². The zero-order valence-electron chi connectivity index (χ0n) is 13.8. The fourth-order valence-electron chi connectivity index (χ4n) is 2.28. The van der Waals surface area contributed by atoms with Crippen LogP contribution in [-0.2, 0) is 5.41 Å². The average molecular weight is 277 g/mol. The molecule has 0 fully saturated rings. The highest BCUT2D eigenvalue weighted by Gasteiger charge is 2.17. The third-order valence-corrected chi connectivity index (χ3v) is 4.10. The number of hydrogen-bond acceptors (Lipinski definition) is 2. The van der Waals surface area contributed by atoms with Gasteiger partial charge in [0.1, 0.15) is 12.4 Å². The van der Waals surface area contributed by atoms with Crippen LogP contribution in [0.15, 0.2) is 24.3 Å². The summed E-state index contributed by atoms with van der Waals surface area (Å²) in [7, 11) is 0. The fourth-order valence-corrected chi connectivity index (χ4v) is 2.28. The van der Waals surface area contributed by atoms with E-state index in [0.29, 0.717) is 6.04 Å². The van der Waals surface area contributed by atoms with Crippen LogP contribution in [0.2, 0.25) is 0 Å². The lowest BCUT2D eigenvalue weighted by Gasteiger charge is -2.23. The molecule has 0 amide bonds. The van der Waals surface area contributed by atoms with Gasteiger partial charge in [0.05, 0.1) is 0 Å². The van der Waals surface area contributed by atoms with Crippen molar-refractivity contribution in [1.29, 1.82) is 0 Å². The minimum Gasteiger partial charge on any atom is -0.492 e. The van der Waals surface area contributed by atoms with Gasteiger partial charge in [-0.3, -0.25) is 0 Å². The number of rotatable bonds is 9. The topological polar surface area (TPSA) is 21.3 Å². The number of nitrogens with one attached hydrogen (secondary N) is 1. The summed E-state index contributed by atoms with van der Waals surface area (Å²) < 4.78 is 5.91. The fraction of sp³-hybridized carbons (Fsp3) is 0.667. The molecule has 1 rings (SSSR count). The smallest absolute Gasteiger partial charge is 0.119 e. The quantitative estimate of drug-likeness (QED) is 0.716. The molecular weight excluding hydrogens is 246 g/mol. The van der Waals surface area contributed by atoms with E-state index in [4.69, 9.17) is 4.74 Å². The van der Waals surface area contributed by atoms with Gasteiger partial charge in [0.25, 0.3) is 0 Å². The van der Waals surface area contributed by atoms with Gasteiger partial charge in [-0.2, -0.15) is 0 Å². The zero-order chi connectivity index (χ0) is 15.0. The van der Waals surface area contributed by atoms with E-state index in [1.807, 2.05) is 0 Å². The number of ether oxygens (including phenoxy) is 1. The van der Waals surface area contributed by atoms with Gasteiger partial charge in [-0.15, -0.1) is 0 Å². The summed E-state index contributed by atoms with van der Waals surface area (Å²) in [5, 5.41) is 3.47. The molecule has 114 valence electrons. The highest BCUT2D eigenvalue weighted by atomic mass is 16.5. The summed E-state index contributed by atoms with van der Waals surface area (Å²) in [6.45, 7) is 12.9. The van der Waals surface area contributed by atoms with Crippen molar-refractivity contribution in [2.24, 2.45) is 0 Å². The van der Waals surface area contributed by atoms with Crippen LogP contribution >= 0.6 is 0 Å². The molecule has 20 heavy (non-hydrogen) atoms. The monoisotopic (exact) mass is 277 g/mol. The Balaban J connectivity index is 2.57. The molecule has 1 aromatic rings. The van der Waals surface area contributed by atoms with Crippen LogP contribution in [0.5, 0.6) is 5.75 Å². The van der Waals surface area contributed by atoms with Crippen molar-refractivity contribution >= 4 is 0 Å². The second-order valence-electron chi connectivity index (χ2n) is 6.12. The average Bonchev–Trinajstić information content (AvgIpc) is 2.46. The van der Waals surface area contributed by atoms with Gasteiger partial charge < -0.3 is 10.1 Å². The molecule has 2 heteroatoms. The van der Waals surface area contributed by atoms with Crippen LogP contribution in [0, 0.1) is 0 Å². The summed E-state index contributed by atoms with van der Waals surface area (Å²) in [6, 6.07) is 9.04. The Bertz CT molecular complexity index is 364. The Morgan fingerprint density at radius 2 is 1.75 bits per heavy atom. The van der Waals surface area contributed by atoms with Gasteiger partial charge in [-0.1, -0.05) is 53.2 Å². The summed E-state index contributed by atoms with van der Waals surface area (Å²) in [6.07, 6.45) is 3.49. The molecular formula is C18H31NO. The summed E-state index contributed by atoms with van der Waals surface area (Å²) >= 11 is 0. The van der Waals surface area contributed by atoms with Gasteiger partial charge in [0.2, 0.25) is 0 Å². The molecule has 0 saturated carbocycles. The van der Waals surface area contributed by atoms with Crippen LogP contribution in [0.25, 0.3) is 0 Å². The SMILES string of the molecule is CCCC(COc1ccc(C(C)(C)CC)cc1)NCC. The minimum absolute atomic E-state index is 0.243. The molecule has 1 atom stereocenters. The highest BCUT2D eigenvalue weighted by Crippen LogP contribution is 2.28. The van der Waals surface area contributed by atoms with E-state index in [-0.39, 0.29) is 5.41 Å². The Kier molecular flexibility index (Phi) is 7.08. The predicted octanol–water partition coefficient (Wildman–Crippen LogP) is 4.53. The number of likely N-dealkylation sites (N-methyl/N-ethyl adjacent to an activating group) is 1. The maximum Gasteiger partial charge on any atom is 0.119 e. The van der Waals surface area contributed by atoms with E-state index in [0.717, 1.165) is 31.7 Å². The first-order valence-electron chi connectivity index (χ1n) is 8.00. The van der Waals surface area contributed by atoms with Gasteiger partial charge in [0, 0.05) is 6.04 Å².